The van der Waals surface area contributed by atoms with Gasteiger partial charge in [-0.05, 0) is 18.3 Å². The van der Waals surface area contributed by atoms with Crippen LogP contribution in [-0.4, -0.2) is 43.7 Å². The highest BCUT2D eigenvalue weighted by atomic mass is 16.5. The summed E-state index contributed by atoms with van der Waals surface area (Å²) in [5.41, 5.74) is 5.28. The van der Waals surface area contributed by atoms with Crippen molar-refractivity contribution in [2.75, 3.05) is 32.8 Å². The van der Waals surface area contributed by atoms with Gasteiger partial charge >= 0.3 is 0 Å². The van der Waals surface area contributed by atoms with Crippen molar-refractivity contribution in [2.24, 2.45) is 17.6 Å². The third-order valence-electron chi connectivity index (χ3n) is 3.01. The summed E-state index contributed by atoms with van der Waals surface area (Å²) in [6.07, 6.45) is 1.13. The number of carbonyl (C=O) groups excluding carboxylic acids is 1. The van der Waals surface area contributed by atoms with Gasteiger partial charge in [0.2, 0.25) is 5.91 Å². The van der Waals surface area contributed by atoms with Crippen LogP contribution in [0.15, 0.2) is 0 Å². The van der Waals surface area contributed by atoms with Crippen molar-refractivity contribution in [1.29, 1.82) is 0 Å². The van der Waals surface area contributed by atoms with E-state index < -0.39 is 0 Å². The fourth-order valence-electron chi connectivity index (χ4n) is 1.89. The Morgan fingerprint density at radius 3 is 2.87 bits per heavy atom. The van der Waals surface area contributed by atoms with Crippen LogP contribution < -0.4 is 5.73 Å². The number of ether oxygens (including phenoxy) is 1. The van der Waals surface area contributed by atoms with E-state index >= 15 is 0 Å². The second kappa shape index (κ2) is 6.08. The van der Waals surface area contributed by atoms with Crippen molar-refractivity contribution in [3.05, 3.63) is 0 Å². The minimum atomic E-state index is 0.103. The highest BCUT2D eigenvalue weighted by molar-refractivity contribution is 5.77. The molecule has 1 aliphatic rings. The van der Waals surface area contributed by atoms with Crippen LogP contribution in [0.5, 0.6) is 0 Å². The maximum absolute atomic E-state index is 11.6. The lowest BCUT2D eigenvalue weighted by atomic mass is 9.95. The summed E-state index contributed by atoms with van der Waals surface area (Å²) in [5.74, 6) is 1.42. The Morgan fingerprint density at radius 2 is 2.33 bits per heavy atom. The molecule has 0 saturated carbocycles. The van der Waals surface area contributed by atoms with Gasteiger partial charge in [0, 0.05) is 19.6 Å². The fraction of sp³-hybridized carbons (Fsp3) is 0.909. The van der Waals surface area contributed by atoms with E-state index in [1.807, 2.05) is 4.90 Å². The first-order chi connectivity index (χ1) is 7.15. The number of hydrogen-bond donors (Lipinski definition) is 1. The molecule has 1 saturated heterocycles. The number of nitrogens with two attached hydrogens (primary N) is 1. The molecule has 1 rings (SSSR count). The average molecular weight is 214 g/mol. The molecule has 1 heterocycles. The van der Waals surface area contributed by atoms with E-state index in [0.717, 1.165) is 19.5 Å². The van der Waals surface area contributed by atoms with Crippen molar-refractivity contribution in [3.63, 3.8) is 0 Å². The number of rotatable bonds is 5. The summed E-state index contributed by atoms with van der Waals surface area (Å²) in [5, 5.41) is 0. The van der Waals surface area contributed by atoms with Crippen LogP contribution >= 0.6 is 0 Å². The number of amides is 1. The molecule has 0 bridgehead atoms. The molecular weight excluding hydrogens is 192 g/mol. The quantitative estimate of drug-likeness (QED) is 0.677. The predicted octanol–water partition coefficient (Wildman–Crippen LogP) is 0.466. The first-order valence-corrected chi connectivity index (χ1v) is 5.70. The van der Waals surface area contributed by atoms with E-state index in [-0.39, 0.29) is 12.5 Å². The van der Waals surface area contributed by atoms with Gasteiger partial charge in [-0.2, -0.15) is 0 Å². The predicted molar refractivity (Wildman–Crippen MR) is 59.4 cm³/mol. The Labute approximate surface area is 91.8 Å². The fourth-order valence-corrected chi connectivity index (χ4v) is 1.89. The van der Waals surface area contributed by atoms with Crippen molar-refractivity contribution >= 4 is 5.91 Å². The summed E-state index contributed by atoms with van der Waals surface area (Å²) in [6, 6.07) is 0. The largest absolute Gasteiger partial charge is 0.370 e. The maximum Gasteiger partial charge on any atom is 0.248 e. The molecule has 0 aromatic rings. The van der Waals surface area contributed by atoms with Crippen LogP contribution in [-0.2, 0) is 9.53 Å². The van der Waals surface area contributed by atoms with Crippen LogP contribution in [0, 0.1) is 11.8 Å². The Kier molecular flexibility index (Phi) is 5.05. The lowest BCUT2D eigenvalue weighted by molar-refractivity contribution is -0.135. The van der Waals surface area contributed by atoms with Crippen LogP contribution in [0.1, 0.15) is 20.3 Å². The molecule has 1 fully saturated rings. The molecule has 1 amide bonds. The van der Waals surface area contributed by atoms with Gasteiger partial charge in [0.05, 0.1) is 6.61 Å². The van der Waals surface area contributed by atoms with Gasteiger partial charge in [0.1, 0.15) is 6.61 Å². The molecule has 0 aliphatic carbocycles. The Balaban J connectivity index is 2.24. The SMILES string of the molecule is CC(C)C1CCN(C(=O)COCCN)C1. The standard InChI is InChI=1S/C11H22N2O2/c1-9(2)10-3-5-13(7-10)11(14)8-15-6-4-12/h9-10H,3-8,12H2,1-2H3. The average Bonchev–Trinajstić information content (AvgIpc) is 2.66. The van der Waals surface area contributed by atoms with Crippen LogP contribution in [0.4, 0.5) is 0 Å². The molecule has 0 aromatic carbocycles. The zero-order valence-electron chi connectivity index (χ0n) is 9.74. The molecule has 0 aromatic heterocycles. The van der Waals surface area contributed by atoms with Crippen molar-refractivity contribution in [2.45, 2.75) is 20.3 Å². The summed E-state index contributed by atoms with van der Waals surface area (Å²) in [7, 11) is 0. The zero-order chi connectivity index (χ0) is 11.3. The van der Waals surface area contributed by atoms with E-state index in [1.165, 1.54) is 0 Å². The Morgan fingerprint density at radius 1 is 1.60 bits per heavy atom. The summed E-state index contributed by atoms with van der Waals surface area (Å²) in [6.45, 7) is 7.32. The van der Waals surface area contributed by atoms with E-state index in [0.29, 0.717) is 25.0 Å². The molecule has 2 N–H and O–H groups in total. The van der Waals surface area contributed by atoms with E-state index in [4.69, 9.17) is 10.5 Å². The zero-order valence-corrected chi connectivity index (χ0v) is 9.74. The van der Waals surface area contributed by atoms with Crippen molar-refractivity contribution in [1.82, 2.24) is 4.90 Å². The van der Waals surface area contributed by atoms with Gasteiger partial charge in [-0.1, -0.05) is 13.8 Å². The van der Waals surface area contributed by atoms with Gasteiger partial charge in [0.25, 0.3) is 0 Å². The normalized spacial score (nSPS) is 21.3. The highest BCUT2D eigenvalue weighted by Crippen LogP contribution is 2.23. The topological polar surface area (TPSA) is 55.6 Å². The van der Waals surface area contributed by atoms with Gasteiger partial charge in [-0.15, -0.1) is 0 Å². The molecule has 88 valence electrons. The number of nitrogens with zero attached hydrogens (tertiary/aromatic N) is 1. The van der Waals surface area contributed by atoms with Gasteiger partial charge in [-0.3, -0.25) is 4.79 Å². The molecule has 0 spiro atoms. The molecule has 4 heteroatoms. The molecule has 1 unspecified atom stereocenters. The van der Waals surface area contributed by atoms with Crippen LogP contribution in [0.3, 0.4) is 0 Å². The van der Waals surface area contributed by atoms with Crippen LogP contribution in [0.2, 0.25) is 0 Å². The monoisotopic (exact) mass is 214 g/mol. The second-order valence-corrected chi connectivity index (χ2v) is 4.47. The highest BCUT2D eigenvalue weighted by Gasteiger charge is 2.27. The number of hydrogen-bond acceptors (Lipinski definition) is 3. The van der Waals surface area contributed by atoms with Gasteiger partial charge < -0.3 is 15.4 Å². The molecule has 1 aliphatic heterocycles. The maximum atomic E-state index is 11.6. The Hall–Kier alpha value is -0.610. The molecule has 15 heavy (non-hydrogen) atoms. The third kappa shape index (κ3) is 3.80. The summed E-state index contributed by atoms with van der Waals surface area (Å²) in [4.78, 5) is 13.6. The van der Waals surface area contributed by atoms with Crippen molar-refractivity contribution < 1.29 is 9.53 Å². The van der Waals surface area contributed by atoms with Gasteiger partial charge in [0.15, 0.2) is 0 Å². The Bertz CT molecular complexity index is 207. The summed E-state index contributed by atoms with van der Waals surface area (Å²) < 4.78 is 5.14. The first-order valence-electron chi connectivity index (χ1n) is 5.70. The van der Waals surface area contributed by atoms with Crippen LogP contribution in [0.25, 0.3) is 0 Å². The van der Waals surface area contributed by atoms with Gasteiger partial charge in [-0.25, -0.2) is 0 Å². The molecule has 0 radical (unpaired) electrons. The van der Waals surface area contributed by atoms with E-state index in [2.05, 4.69) is 13.8 Å². The minimum absolute atomic E-state index is 0.103. The number of carbonyl (C=O) groups is 1. The molecule has 1 atom stereocenters. The van der Waals surface area contributed by atoms with E-state index in [9.17, 15) is 4.79 Å². The second-order valence-electron chi connectivity index (χ2n) is 4.47. The minimum Gasteiger partial charge on any atom is -0.370 e. The third-order valence-corrected chi connectivity index (χ3v) is 3.01. The summed E-state index contributed by atoms with van der Waals surface area (Å²) >= 11 is 0. The smallest absolute Gasteiger partial charge is 0.248 e. The lowest BCUT2D eigenvalue weighted by Crippen LogP contribution is -2.33. The number of likely N-dealkylation sites (tertiary alicyclic amines) is 1. The molecule has 4 nitrogen and oxygen atoms in total. The molecular formula is C11H22N2O2. The van der Waals surface area contributed by atoms with Crippen molar-refractivity contribution in [3.8, 4) is 0 Å². The first kappa shape index (κ1) is 12.5. The van der Waals surface area contributed by atoms with E-state index in [1.54, 1.807) is 0 Å². The lowest BCUT2D eigenvalue weighted by Gasteiger charge is -2.18.